The van der Waals surface area contributed by atoms with Gasteiger partial charge < -0.3 is 10.0 Å². The molecule has 0 aromatic heterocycles. The summed E-state index contributed by atoms with van der Waals surface area (Å²) in [4.78, 5) is 28.3. The highest BCUT2D eigenvalue weighted by Gasteiger charge is 2.40. The van der Waals surface area contributed by atoms with Gasteiger partial charge in [-0.1, -0.05) is 24.3 Å². The fourth-order valence-electron chi connectivity index (χ4n) is 2.82. The minimum Gasteiger partial charge on any atom is -0.502 e. The van der Waals surface area contributed by atoms with E-state index in [1.807, 2.05) is 51.0 Å². The van der Waals surface area contributed by atoms with Crippen LogP contribution in [0.3, 0.4) is 0 Å². The van der Waals surface area contributed by atoms with E-state index in [0.29, 0.717) is 11.3 Å². The second kappa shape index (κ2) is 6.09. The molecule has 3 rings (SSSR count). The third-order valence-electron chi connectivity index (χ3n) is 4.46. The molecule has 0 spiro atoms. The molecule has 0 atom stereocenters. The maximum atomic E-state index is 12.9. The van der Waals surface area contributed by atoms with Crippen molar-refractivity contribution in [3.05, 3.63) is 64.9 Å². The van der Waals surface area contributed by atoms with E-state index in [4.69, 9.17) is 0 Å². The smallest absolute Gasteiger partial charge is 0.301 e. The average molecular weight is 336 g/mol. The standard InChI is InChI=1S/C20H20N2O3/c1-12-8-9-14(10-13(12)2)17-18(23)20(25)22(19(17)24)16-7-5-6-15(11-16)21(3)4/h5-11,23H,1-4H3. The van der Waals surface area contributed by atoms with Crippen LogP contribution in [0.4, 0.5) is 11.4 Å². The zero-order valence-electron chi connectivity index (χ0n) is 14.7. The SMILES string of the molecule is Cc1ccc(C2=C(O)C(=O)N(c3cccc(N(C)C)c3)C2=O)cc1C. The Morgan fingerprint density at radius 3 is 2.28 bits per heavy atom. The van der Waals surface area contributed by atoms with Crippen LogP contribution in [0.25, 0.3) is 5.57 Å². The Bertz CT molecular complexity index is 913. The lowest BCUT2D eigenvalue weighted by molar-refractivity contribution is -0.121. The van der Waals surface area contributed by atoms with Crippen LogP contribution >= 0.6 is 0 Å². The van der Waals surface area contributed by atoms with E-state index in [1.54, 1.807) is 24.3 Å². The number of carbonyl (C=O) groups excluding carboxylic acids is 2. The molecular weight excluding hydrogens is 316 g/mol. The van der Waals surface area contributed by atoms with E-state index in [2.05, 4.69) is 0 Å². The molecule has 0 saturated carbocycles. The number of aliphatic hydroxyl groups is 1. The van der Waals surface area contributed by atoms with Crippen molar-refractivity contribution in [2.75, 3.05) is 23.9 Å². The summed E-state index contributed by atoms with van der Waals surface area (Å²) < 4.78 is 0. The van der Waals surface area contributed by atoms with E-state index in [-0.39, 0.29) is 5.57 Å². The molecule has 128 valence electrons. The van der Waals surface area contributed by atoms with Crippen molar-refractivity contribution in [2.45, 2.75) is 13.8 Å². The molecule has 1 aliphatic rings. The lowest BCUT2D eigenvalue weighted by Gasteiger charge is -2.18. The zero-order valence-corrected chi connectivity index (χ0v) is 14.7. The first-order chi connectivity index (χ1) is 11.8. The summed E-state index contributed by atoms with van der Waals surface area (Å²) in [6.07, 6.45) is 0. The third kappa shape index (κ3) is 2.78. The molecule has 1 N–H and O–H groups in total. The Morgan fingerprint density at radius 2 is 1.64 bits per heavy atom. The summed E-state index contributed by atoms with van der Waals surface area (Å²) in [5, 5.41) is 10.3. The maximum Gasteiger partial charge on any atom is 0.301 e. The van der Waals surface area contributed by atoms with Gasteiger partial charge in [0.2, 0.25) is 0 Å². The Balaban J connectivity index is 2.05. The monoisotopic (exact) mass is 336 g/mol. The van der Waals surface area contributed by atoms with Crippen molar-refractivity contribution < 1.29 is 14.7 Å². The Hall–Kier alpha value is -3.08. The highest BCUT2D eigenvalue weighted by atomic mass is 16.3. The van der Waals surface area contributed by atoms with Crippen LogP contribution in [0.15, 0.2) is 48.2 Å². The molecule has 0 bridgehead atoms. The summed E-state index contributed by atoms with van der Waals surface area (Å²) in [6.45, 7) is 3.89. The summed E-state index contributed by atoms with van der Waals surface area (Å²) in [5.41, 5.74) is 3.96. The molecule has 1 heterocycles. The lowest BCUT2D eigenvalue weighted by Crippen LogP contribution is -2.31. The van der Waals surface area contributed by atoms with Gasteiger partial charge in [-0.2, -0.15) is 0 Å². The molecule has 2 aromatic rings. The van der Waals surface area contributed by atoms with E-state index < -0.39 is 17.6 Å². The molecule has 0 radical (unpaired) electrons. The summed E-state index contributed by atoms with van der Waals surface area (Å²) in [6, 6.07) is 12.5. The Morgan fingerprint density at radius 1 is 0.920 bits per heavy atom. The first kappa shape index (κ1) is 16.8. The average Bonchev–Trinajstić information content (AvgIpc) is 2.80. The van der Waals surface area contributed by atoms with Crippen LogP contribution in [0.2, 0.25) is 0 Å². The van der Waals surface area contributed by atoms with Gasteiger partial charge in [0.25, 0.3) is 5.91 Å². The number of carbonyl (C=O) groups is 2. The summed E-state index contributed by atoms with van der Waals surface area (Å²) >= 11 is 0. The van der Waals surface area contributed by atoms with Gasteiger partial charge in [0, 0.05) is 19.8 Å². The molecule has 5 nitrogen and oxygen atoms in total. The molecule has 0 fully saturated rings. The van der Waals surface area contributed by atoms with Gasteiger partial charge in [-0.3, -0.25) is 9.59 Å². The Kier molecular flexibility index (Phi) is 4.08. The van der Waals surface area contributed by atoms with Crippen LogP contribution in [0.5, 0.6) is 0 Å². The van der Waals surface area contributed by atoms with E-state index in [1.165, 1.54) is 0 Å². The number of nitrogens with zero attached hydrogens (tertiary/aromatic N) is 2. The summed E-state index contributed by atoms with van der Waals surface area (Å²) in [5.74, 6) is -1.72. The van der Waals surface area contributed by atoms with Crippen molar-refractivity contribution in [2.24, 2.45) is 0 Å². The first-order valence-electron chi connectivity index (χ1n) is 7.98. The van der Waals surface area contributed by atoms with Gasteiger partial charge in [-0.15, -0.1) is 0 Å². The number of benzene rings is 2. The van der Waals surface area contributed by atoms with Crippen molar-refractivity contribution >= 4 is 28.8 Å². The van der Waals surface area contributed by atoms with E-state index in [9.17, 15) is 14.7 Å². The van der Waals surface area contributed by atoms with Gasteiger partial charge in [0.05, 0.1) is 11.3 Å². The largest absolute Gasteiger partial charge is 0.502 e. The molecular formula is C20H20N2O3. The van der Waals surface area contributed by atoms with Crippen LogP contribution < -0.4 is 9.80 Å². The van der Waals surface area contributed by atoms with Crippen LogP contribution in [-0.4, -0.2) is 31.0 Å². The van der Waals surface area contributed by atoms with Gasteiger partial charge in [0.1, 0.15) is 0 Å². The van der Waals surface area contributed by atoms with E-state index >= 15 is 0 Å². The molecule has 25 heavy (non-hydrogen) atoms. The molecule has 0 aliphatic carbocycles. The molecule has 2 aromatic carbocycles. The van der Waals surface area contributed by atoms with Gasteiger partial charge in [-0.25, -0.2) is 4.90 Å². The zero-order chi connectivity index (χ0) is 18.3. The number of aliphatic hydroxyl groups excluding tert-OH is 1. The number of rotatable bonds is 3. The molecule has 0 unspecified atom stereocenters. The van der Waals surface area contributed by atoms with Crippen molar-refractivity contribution in [1.29, 1.82) is 0 Å². The molecule has 2 amide bonds. The molecule has 0 saturated heterocycles. The minimum atomic E-state index is -0.700. The normalized spacial score (nSPS) is 14.5. The predicted octanol–water partition coefficient (Wildman–Crippen LogP) is 3.21. The number of amides is 2. The predicted molar refractivity (Wildman–Crippen MR) is 98.7 cm³/mol. The number of hydrogen-bond donors (Lipinski definition) is 1. The fourth-order valence-corrected chi connectivity index (χ4v) is 2.82. The topological polar surface area (TPSA) is 60.9 Å². The van der Waals surface area contributed by atoms with Gasteiger partial charge in [-0.05, 0) is 48.7 Å². The van der Waals surface area contributed by atoms with Crippen LogP contribution in [0.1, 0.15) is 16.7 Å². The second-order valence-corrected chi connectivity index (χ2v) is 6.38. The first-order valence-corrected chi connectivity index (χ1v) is 7.98. The van der Waals surface area contributed by atoms with Crippen LogP contribution in [0, 0.1) is 13.8 Å². The number of anilines is 2. The van der Waals surface area contributed by atoms with Gasteiger partial charge in [0.15, 0.2) is 5.76 Å². The number of hydrogen-bond acceptors (Lipinski definition) is 4. The highest BCUT2D eigenvalue weighted by molar-refractivity contribution is 6.44. The number of imide groups is 1. The van der Waals surface area contributed by atoms with Crippen molar-refractivity contribution in [1.82, 2.24) is 0 Å². The van der Waals surface area contributed by atoms with Crippen molar-refractivity contribution in [3.63, 3.8) is 0 Å². The maximum absolute atomic E-state index is 12.9. The second-order valence-electron chi connectivity index (χ2n) is 6.38. The third-order valence-corrected chi connectivity index (χ3v) is 4.46. The van der Waals surface area contributed by atoms with Gasteiger partial charge >= 0.3 is 5.91 Å². The number of aryl methyl sites for hydroxylation is 2. The highest BCUT2D eigenvalue weighted by Crippen LogP contribution is 2.33. The molecule has 1 aliphatic heterocycles. The minimum absolute atomic E-state index is 0.0448. The van der Waals surface area contributed by atoms with Crippen LogP contribution in [-0.2, 0) is 9.59 Å². The quantitative estimate of drug-likeness (QED) is 0.875. The fraction of sp³-hybridized carbons (Fsp3) is 0.200. The van der Waals surface area contributed by atoms with Crippen molar-refractivity contribution in [3.8, 4) is 0 Å². The molecule has 5 heteroatoms. The lowest BCUT2D eigenvalue weighted by atomic mass is 10.00. The Labute approximate surface area is 146 Å². The summed E-state index contributed by atoms with van der Waals surface area (Å²) in [7, 11) is 3.76. The van der Waals surface area contributed by atoms with E-state index in [0.717, 1.165) is 21.7 Å².